The number of halogens is 1. The van der Waals surface area contributed by atoms with Crippen molar-refractivity contribution in [1.29, 1.82) is 0 Å². The highest BCUT2D eigenvalue weighted by Crippen LogP contribution is 2.05. The van der Waals surface area contributed by atoms with Crippen molar-refractivity contribution in [3.63, 3.8) is 0 Å². The third-order valence-corrected chi connectivity index (χ3v) is 3.89. The van der Waals surface area contributed by atoms with Crippen LogP contribution in [0.3, 0.4) is 0 Å². The number of rotatable bonds is 6. The smallest absolute Gasteiger partial charge is 0.191 e. The molecule has 1 fully saturated rings. The number of morpholine rings is 1. The zero-order valence-corrected chi connectivity index (χ0v) is 14.0. The summed E-state index contributed by atoms with van der Waals surface area (Å²) in [5.74, 6) is 0.536. The van der Waals surface area contributed by atoms with Crippen molar-refractivity contribution in [3.05, 3.63) is 35.6 Å². The maximum Gasteiger partial charge on any atom is 0.191 e. The van der Waals surface area contributed by atoms with Crippen LogP contribution in [0.15, 0.2) is 29.3 Å². The Bertz CT molecular complexity index is 503. The Hall–Kier alpha value is -1.66. The van der Waals surface area contributed by atoms with E-state index in [1.807, 2.05) is 13.0 Å². The molecule has 1 saturated heterocycles. The van der Waals surface area contributed by atoms with Crippen LogP contribution in [-0.4, -0.2) is 56.3 Å². The summed E-state index contributed by atoms with van der Waals surface area (Å²) >= 11 is 0. The number of nitrogens with zero attached hydrogens (tertiary/aromatic N) is 2. The van der Waals surface area contributed by atoms with Gasteiger partial charge in [-0.05, 0) is 31.5 Å². The van der Waals surface area contributed by atoms with Gasteiger partial charge in [0.1, 0.15) is 5.82 Å². The SMILES string of the molecule is CCNC(=NCc1cccc(F)c1)NCC(C)N1CCOCC1. The normalized spacial score (nSPS) is 17.8. The summed E-state index contributed by atoms with van der Waals surface area (Å²) in [6.45, 7) is 9.85. The molecule has 128 valence electrons. The van der Waals surface area contributed by atoms with Gasteiger partial charge in [0.2, 0.25) is 0 Å². The minimum absolute atomic E-state index is 0.225. The van der Waals surface area contributed by atoms with E-state index in [-0.39, 0.29) is 5.82 Å². The molecule has 0 bridgehead atoms. The molecule has 0 aromatic heterocycles. The maximum atomic E-state index is 13.2. The van der Waals surface area contributed by atoms with E-state index in [2.05, 4.69) is 27.4 Å². The fraction of sp³-hybridized carbons (Fsp3) is 0.588. The Labute approximate surface area is 137 Å². The number of hydrogen-bond donors (Lipinski definition) is 2. The van der Waals surface area contributed by atoms with Crippen LogP contribution < -0.4 is 10.6 Å². The average Bonchev–Trinajstić information content (AvgIpc) is 2.58. The highest BCUT2D eigenvalue weighted by atomic mass is 19.1. The summed E-state index contributed by atoms with van der Waals surface area (Å²) in [4.78, 5) is 6.94. The zero-order chi connectivity index (χ0) is 16.5. The van der Waals surface area contributed by atoms with Crippen molar-refractivity contribution in [3.8, 4) is 0 Å². The monoisotopic (exact) mass is 322 g/mol. The number of aliphatic imine (C=N–C) groups is 1. The van der Waals surface area contributed by atoms with E-state index in [0.717, 1.165) is 50.9 Å². The predicted octanol–water partition coefficient (Wildman–Crippen LogP) is 1.60. The van der Waals surface area contributed by atoms with E-state index >= 15 is 0 Å². The summed E-state index contributed by atoms with van der Waals surface area (Å²) in [5, 5.41) is 6.59. The van der Waals surface area contributed by atoms with Gasteiger partial charge in [-0.1, -0.05) is 12.1 Å². The molecule has 1 aromatic carbocycles. The standard InChI is InChI=1S/C17H27FN4O/c1-3-19-17(21-13-15-5-4-6-16(18)11-15)20-12-14(2)22-7-9-23-10-8-22/h4-6,11,14H,3,7-10,12-13H2,1-2H3,(H2,19,20,21). The van der Waals surface area contributed by atoms with Crippen molar-refractivity contribution < 1.29 is 9.13 Å². The molecule has 0 aliphatic carbocycles. The van der Waals surface area contributed by atoms with Gasteiger partial charge >= 0.3 is 0 Å². The van der Waals surface area contributed by atoms with Crippen LogP contribution in [0.5, 0.6) is 0 Å². The van der Waals surface area contributed by atoms with Gasteiger partial charge in [0.05, 0.1) is 19.8 Å². The lowest BCUT2D eigenvalue weighted by Gasteiger charge is -2.32. The maximum absolute atomic E-state index is 13.2. The Balaban J connectivity index is 1.85. The molecule has 2 rings (SSSR count). The lowest BCUT2D eigenvalue weighted by molar-refractivity contribution is 0.0211. The van der Waals surface area contributed by atoms with Gasteiger partial charge in [-0.15, -0.1) is 0 Å². The molecule has 0 radical (unpaired) electrons. The van der Waals surface area contributed by atoms with Crippen LogP contribution in [0.4, 0.5) is 4.39 Å². The summed E-state index contributed by atoms with van der Waals surface area (Å²) < 4.78 is 18.6. The number of benzene rings is 1. The largest absolute Gasteiger partial charge is 0.379 e. The van der Waals surface area contributed by atoms with E-state index in [0.29, 0.717) is 12.6 Å². The van der Waals surface area contributed by atoms with Crippen LogP contribution in [-0.2, 0) is 11.3 Å². The fourth-order valence-electron chi connectivity index (χ4n) is 2.54. The van der Waals surface area contributed by atoms with Crippen LogP contribution >= 0.6 is 0 Å². The van der Waals surface area contributed by atoms with Crippen molar-refractivity contribution >= 4 is 5.96 Å². The third kappa shape index (κ3) is 6.15. The van der Waals surface area contributed by atoms with Crippen LogP contribution in [0, 0.1) is 5.82 Å². The third-order valence-electron chi connectivity index (χ3n) is 3.89. The second-order valence-corrected chi connectivity index (χ2v) is 5.70. The average molecular weight is 322 g/mol. The van der Waals surface area contributed by atoms with E-state index in [4.69, 9.17) is 4.74 Å². The Morgan fingerprint density at radius 1 is 1.35 bits per heavy atom. The summed E-state index contributed by atoms with van der Waals surface area (Å²) in [6.07, 6.45) is 0. The first-order valence-corrected chi connectivity index (χ1v) is 8.27. The molecular formula is C17H27FN4O. The molecule has 23 heavy (non-hydrogen) atoms. The summed E-state index contributed by atoms with van der Waals surface area (Å²) in [7, 11) is 0. The number of guanidine groups is 1. The molecule has 6 heteroatoms. The first-order valence-electron chi connectivity index (χ1n) is 8.27. The second kappa shape index (κ2) is 9.47. The van der Waals surface area contributed by atoms with Crippen molar-refractivity contribution in [1.82, 2.24) is 15.5 Å². The van der Waals surface area contributed by atoms with E-state index in [1.165, 1.54) is 12.1 Å². The number of hydrogen-bond acceptors (Lipinski definition) is 3. The lowest BCUT2D eigenvalue weighted by atomic mass is 10.2. The van der Waals surface area contributed by atoms with E-state index < -0.39 is 0 Å². The Morgan fingerprint density at radius 3 is 2.83 bits per heavy atom. The Morgan fingerprint density at radius 2 is 2.13 bits per heavy atom. The van der Waals surface area contributed by atoms with Gasteiger partial charge in [-0.2, -0.15) is 0 Å². The second-order valence-electron chi connectivity index (χ2n) is 5.70. The first kappa shape index (κ1) is 17.7. The van der Waals surface area contributed by atoms with E-state index in [1.54, 1.807) is 6.07 Å². The van der Waals surface area contributed by atoms with Gasteiger partial charge in [0.25, 0.3) is 0 Å². The van der Waals surface area contributed by atoms with Crippen molar-refractivity contribution in [2.75, 3.05) is 39.4 Å². The molecule has 1 aliphatic rings. The van der Waals surface area contributed by atoms with Crippen molar-refractivity contribution in [2.45, 2.75) is 26.4 Å². The van der Waals surface area contributed by atoms with E-state index in [9.17, 15) is 4.39 Å². The van der Waals surface area contributed by atoms with Gasteiger partial charge in [0.15, 0.2) is 5.96 Å². The molecule has 0 saturated carbocycles. The molecule has 1 aliphatic heterocycles. The van der Waals surface area contributed by atoms with Crippen LogP contribution in [0.25, 0.3) is 0 Å². The highest BCUT2D eigenvalue weighted by molar-refractivity contribution is 5.79. The molecule has 1 aromatic rings. The zero-order valence-electron chi connectivity index (χ0n) is 14.0. The number of ether oxygens (including phenoxy) is 1. The molecule has 2 N–H and O–H groups in total. The molecule has 1 heterocycles. The van der Waals surface area contributed by atoms with Gasteiger partial charge in [-0.25, -0.2) is 9.38 Å². The highest BCUT2D eigenvalue weighted by Gasteiger charge is 2.16. The lowest BCUT2D eigenvalue weighted by Crippen LogP contribution is -2.49. The molecule has 0 spiro atoms. The van der Waals surface area contributed by atoms with Gasteiger partial charge in [-0.3, -0.25) is 4.90 Å². The van der Waals surface area contributed by atoms with Crippen LogP contribution in [0.2, 0.25) is 0 Å². The van der Waals surface area contributed by atoms with Crippen molar-refractivity contribution in [2.24, 2.45) is 4.99 Å². The summed E-state index contributed by atoms with van der Waals surface area (Å²) in [5.41, 5.74) is 0.864. The summed E-state index contributed by atoms with van der Waals surface area (Å²) in [6, 6.07) is 6.97. The Kier molecular flexibility index (Phi) is 7.29. The fourth-order valence-corrected chi connectivity index (χ4v) is 2.54. The molecule has 1 atom stereocenters. The minimum atomic E-state index is -0.225. The van der Waals surface area contributed by atoms with Crippen LogP contribution in [0.1, 0.15) is 19.4 Å². The molecule has 5 nitrogen and oxygen atoms in total. The topological polar surface area (TPSA) is 48.9 Å². The molecular weight excluding hydrogens is 295 g/mol. The molecule has 1 unspecified atom stereocenters. The minimum Gasteiger partial charge on any atom is -0.379 e. The van der Waals surface area contributed by atoms with Gasteiger partial charge in [0, 0.05) is 32.2 Å². The van der Waals surface area contributed by atoms with Gasteiger partial charge < -0.3 is 15.4 Å². The molecule has 0 amide bonds. The number of nitrogens with one attached hydrogen (secondary N) is 2. The quantitative estimate of drug-likeness (QED) is 0.617. The predicted molar refractivity (Wildman–Crippen MR) is 91.1 cm³/mol. The first-order chi connectivity index (χ1) is 11.2.